The molecule has 1 aliphatic carbocycles. The lowest BCUT2D eigenvalue weighted by Crippen LogP contribution is -2.08. The van der Waals surface area contributed by atoms with Gasteiger partial charge in [0.05, 0.1) is 9.41 Å². The Hall–Kier alpha value is -0.850. The lowest BCUT2D eigenvalue weighted by molar-refractivity contribution is 0.350. The SMILES string of the molecule is CN/C=C(/Cc1cc(C2CCC2)no1)C(=N)I. The Kier molecular flexibility index (Phi) is 4.20. The number of allylic oxidation sites excluding steroid dienone is 1. The van der Waals surface area contributed by atoms with E-state index in [1.807, 2.05) is 41.9 Å². The molecule has 2 rings (SSSR count). The fraction of sp³-hybridized carbons (Fsp3) is 0.500. The zero-order valence-corrected chi connectivity index (χ0v) is 12.0. The van der Waals surface area contributed by atoms with Crippen LogP contribution in [-0.2, 0) is 6.42 Å². The van der Waals surface area contributed by atoms with Crippen LogP contribution in [0.25, 0.3) is 0 Å². The lowest BCUT2D eigenvalue weighted by atomic mass is 9.83. The van der Waals surface area contributed by atoms with Crippen LogP contribution >= 0.6 is 22.6 Å². The summed E-state index contributed by atoms with van der Waals surface area (Å²) in [6.45, 7) is 0. The van der Waals surface area contributed by atoms with Gasteiger partial charge >= 0.3 is 0 Å². The molecule has 92 valence electrons. The molecule has 0 aliphatic heterocycles. The van der Waals surface area contributed by atoms with Crippen molar-refractivity contribution >= 4 is 26.3 Å². The fourth-order valence-corrected chi connectivity index (χ4v) is 2.21. The van der Waals surface area contributed by atoms with E-state index < -0.39 is 0 Å². The highest BCUT2D eigenvalue weighted by Gasteiger charge is 2.23. The second-order valence-corrected chi connectivity index (χ2v) is 5.37. The third-order valence-electron chi connectivity index (χ3n) is 3.07. The first-order chi connectivity index (χ1) is 8.20. The average molecular weight is 345 g/mol. The predicted octanol–water partition coefficient (Wildman–Crippen LogP) is 3.00. The van der Waals surface area contributed by atoms with Gasteiger partial charge < -0.3 is 9.84 Å². The van der Waals surface area contributed by atoms with E-state index in [9.17, 15) is 0 Å². The number of hydrogen-bond acceptors (Lipinski definition) is 4. The van der Waals surface area contributed by atoms with Crippen LogP contribution in [0.5, 0.6) is 0 Å². The van der Waals surface area contributed by atoms with Gasteiger partial charge in [-0.25, -0.2) is 0 Å². The van der Waals surface area contributed by atoms with Gasteiger partial charge in [-0.15, -0.1) is 0 Å². The number of aromatic nitrogens is 1. The molecule has 0 amide bonds. The third-order valence-corrected chi connectivity index (χ3v) is 3.76. The lowest BCUT2D eigenvalue weighted by Gasteiger charge is -2.22. The summed E-state index contributed by atoms with van der Waals surface area (Å²) in [4.78, 5) is 0. The van der Waals surface area contributed by atoms with Crippen molar-refractivity contribution in [3.8, 4) is 0 Å². The van der Waals surface area contributed by atoms with Gasteiger partial charge in [-0.1, -0.05) is 11.6 Å². The summed E-state index contributed by atoms with van der Waals surface area (Å²) in [7, 11) is 1.83. The maximum Gasteiger partial charge on any atom is 0.141 e. The molecule has 5 heteroatoms. The first-order valence-corrected chi connectivity index (χ1v) is 6.85. The van der Waals surface area contributed by atoms with Crippen LogP contribution in [0.1, 0.15) is 36.6 Å². The van der Waals surface area contributed by atoms with Crippen LogP contribution in [0.15, 0.2) is 22.4 Å². The molecule has 0 bridgehead atoms. The Morgan fingerprint density at radius 2 is 2.47 bits per heavy atom. The van der Waals surface area contributed by atoms with Gasteiger partial charge in [0, 0.05) is 37.2 Å². The summed E-state index contributed by atoms with van der Waals surface area (Å²) in [6.07, 6.45) is 6.22. The molecule has 17 heavy (non-hydrogen) atoms. The van der Waals surface area contributed by atoms with Gasteiger partial charge in [0.1, 0.15) is 5.76 Å². The molecule has 1 aromatic rings. The number of halogens is 1. The van der Waals surface area contributed by atoms with Gasteiger partial charge in [0.2, 0.25) is 0 Å². The summed E-state index contributed by atoms with van der Waals surface area (Å²) < 4.78 is 5.86. The molecule has 2 N–H and O–H groups in total. The maximum atomic E-state index is 7.66. The van der Waals surface area contributed by atoms with Gasteiger partial charge in [0.15, 0.2) is 0 Å². The zero-order valence-electron chi connectivity index (χ0n) is 9.79. The van der Waals surface area contributed by atoms with Crippen molar-refractivity contribution in [3.63, 3.8) is 0 Å². The zero-order chi connectivity index (χ0) is 12.3. The van der Waals surface area contributed by atoms with Gasteiger partial charge in [-0.2, -0.15) is 0 Å². The van der Waals surface area contributed by atoms with E-state index in [4.69, 9.17) is 9.93 Å². The molecule has 1 heterocycles. The first-order valence-electron chi connectivity index (χ1n) is 5.77. The van der Waals surface area contributed by atoms with E-state index in [1.54, 1.807) is 0 Å². The molecule has 0 radical (unpaired) electrons. The Balaban J connectivity index is 2.04. The highest BCUT2D eigenvalue weighted by atomic mass is 127. The molecule has 0 unspecified atom stereocenters. The Labute approximate surface area is 114 Å². The first kappa shape index (κ1) is 12.6. The van der Waals surface area contributed by atoms with Gasteiger partial charge in [0.25, 0.3) is 0 Å². The van der Waals surface area contributed by atoms with Crippen LogP contribution in [0.2, 0.25) is 0 Å². The van der Waals surface area contributed by atoms with E-state index >= 15 is 0 Å². The summed E-state index contributed by atoms with van der Waals surface area (Å²) in [5.74, 6) is 1.44. The van der Waals surface area contributed by atoms with Crippen molar-refractivity contribution in [2.45, 2.75) is 31.6 Å². The minimum atomic E-state index is 0.526. The maximum absolute atomic E-state index is 7.66. The minimum Gasteiger partial charge on any atom is -0.394 e. The summed E-state index contributed by atoms with van der Waals surface area (Å²) in [5, 5.41) is 14.7. The topological polar surface area (TPSA) is 61.9 Å². The van der Waals surface area contributed by atoms with E-state index in [0.717, 1.165) is 17.0 Å². The molecular weight excluding hydrogens is 329 g/mol. The second kappa shape index (κ2) is 5.66. The summed E-state index contributed by atoms with van der Waals surface area (Å²) in [6, 6.07) is 2.03. The molecule has 1 fully saturated rings. The van der Waals surface area contributed by atoms with E-state index in [-0.39, 0.29) is 0 Å². The third kappa shape index (κ3) is 3.08. The normalized spacial score (nSPS) is 16.7. The number of nitrogens with one attached hydrogen (secondary N) is 2. The minimum absolute atomic E-state index is 0.526. The highest BCUT2D eigenvalue weighted by molar-refractivity contribution is 14.1. The van der Waals surface area contributed by atoms with Crippen LogP contribution in [0.3, 0.4) is 0 Å². The molecule has 1 saturated carbocycles. The van der Waals surface area contributed by atoms with Crippen molar-refractivity contribution in [1.29, 1.82) is 5.41 Å². The number of hydrogen-bond donors (Lipinski definition) is 2. The van der Waals surface area contributed by atoms with Gasteiger partial charge in [-0.3, -0.25) is 5.41 Å². The van der Waals surface area contributed by atoms with Crippen LogP contribution in [-0.4, -0.2) is 15.9 Å². The smallest absolute Gasteiger partial charge is 0.141 e. The molecule has 0 saturated heterocycles. The Morgan fingerprint density at radius 3 is 3.00 bits per heavy atom. The highest BCUT2D eigenvalue weighted by Crippen LogP contribution is 2.35. The quantitative estimate of drug-likeness (QED) is 0.637. The average Bonchev–Trinajstić information content (AvgIpc) is 2.63. The molecule has 0 atom stereocenters. The van der Waals surface area contributed by atoms with Crippen molar-refractivity contribution < 1.29 is 4.52 Å². The molecule has 4 nitrogen and oxygen atoms in total. The predicted molar refractivity (Wildman–Crippen MR) is 75.7 cm³/mol. The van der Waals surface area contributed by atoms with Crippen molar-refractivity contribution in [2.24, 2.45) is 0 Å². The van der Waals surface area contributed by atoms with Crippen LogP contribution in [0, 0.1) is 5.41 Å². The monoisotopic (exact) mass is 345 g/mol. The molecule has 0 spiro atoms. The number of nitrogens with zero attached hydrogens (tertiary/aromatic N) is 1. The van der Waals surface area contributed by atoms with Crippen molar-refractivity contribution in [3.05, 3.63) is 29.3 Å². The van der Waals surface area contributed by atoms with Gasteiger partial charge in [-0.05, 0) is 35.4 Å². The van der Waals surface area contributed by atoms with Crippen molar-refractivity contribution in [2.75, 3.05) is 7.05 Å². The summed E-state index contributed by atoms with van der Waals surface area (Å²) in [5.41, 5.74) is 2.00. The fourth-order valence-electron chi connectivity index (χ4n) is 1.86. The molecule has 1 aliphatic rings. The second-order valence-electron chi connectivity index (χ2n) is 4.29. The van der Waals surface area contributed by atoms with E-state index in [0.29, 0.717) is 16.1 Å². The Morgan fingerprint density at radius 1 is 1.71 bits per heavy atom. The molecule has 0 aromatic carbocycles. The molecule has 1 aromatic heterocycles. The van der Waals surface area contributed by atoms with Crippen LogP contribution < -0.4 is 5.32 Å². The van der Waals surface area contributed by atoms with E-state index in [2.05, 4.69) is 10.5 Å². The molecular formula is C12H16IN3O. The largest absolute Gasteiger partial charge is 0.394 e. The van der Waals surface area contributed by atoms with Crippen LogP contribution in [0.4, 0.5) is 0 Å². The standard InChI is InChI=1S/C12H16IN3O/c1-15-7-9(12(13)14)5-10-6-11(16-17-10)8-3-2-4-8/h6-8,14-15H,2-5H2,1H3/b9-7-,14-12?. The summed E-state index contributed by atoms with van der Waals surface area (Å²) >= 11 is 2.01. The number of rotatable bonds is 5. The van der Waals surface area contributed by atoms with E-state index in [1.165, 1.54) is 19.3 Å². The van der Waals surface area contributed by atoms with Crippen molar-refractivity contribution in [1.82, 2.24) is 10.5 Å². The Bertz CT molecular complexity index is 435.